The summed E-state index contributed by atoms with van der Waals surface area (Å²) in [6, 6.07) is 13.5. The molecular weight excluding hydrogens is 490 g/mol. The predicted octanol–water partition coefficient (Wildman–Crippen LogP) is 4.59. The van der Waals surface area contributed by atoms with Gasteiger partial charge in [0.2, 0.25) is 0 Å². The van der Waals surface area contributed by atoms with E-state index in [0.717, 1.165) is 28.8 Å². The summed E-state index contributed by atoms with van der Waals surface area (Å²) in [5.74, 6) is -3.25. The predicted molar refractivity (Wildman–Crippen MR) is 130 cm³/mol. The quantitative estimate of drug-likeness (QED) is 0.466. The number of methoxy groups -OCH3 is 1. The van der Waals surface area contributed by atoms with Gasteiger partial charge in [-0.05, 0) is 59.0 Å². The lowest BCUT2D eigenvalue weighted by Gasteiger charge is -2.28. The minimum absolute atomic E-state index is 0.127. The molecule has 10 heteroatoms. The fourth-order valence-corrected chi connectivity index (χ4v) is 5.27. The first kappa shape index (κ1) is 25.3. The summed E-state index contributed by atoms with van der Waals surface area (Å²) < 4.78 is 58.8. The van der Waals surface area contributed by atoms with Crippen LogP contribution >= 0.6 is 0 Å². The number of carbonyl (C=O) groups is 2. The van der Waals surface area contributed by atoms with Crippen molar-refractivity contribution in [3.8, 4) is 11.1 Å². The van der Waals surface area contributed by atoms with Gasteiger partial charge in [-0.3, -0.25) is 9.52 Å². The summed E-state index contributed by atoms with van der Waals surface area (Å²) in [5, 5.41) is 0. The van der Waals surface area contributed by atoms with Crippen molar-refractivity contribution in [1.82, 2.24) is 4.90 Å². The minimum Gasteiger partial charge on any atom is -0.467 e. The molecule has 0 spiro atoms. The number of esters is 1. The Hall–Kier alpha value is -3.79. The maximum atomic E-state index is 13.5. The third-order valence-corrected chi connectivity index (χ3v) is 7.40. The van der Waals surface area contributed by atoms with Gasteiger partial charge in [-0.2, -0.15) is 0 Å². The van der Waals surface area contributed by atoms with E-state index in [0.29, 0.717) is 18.2 Å². The molecule has 0 bridgehead atoms. The molecule has 36 heavy (non-hydrogen) atoms. The topological polar surface area (TPSA) is 92.8 Å². The van der Waals surface area contributed by atoms with Crippen LogP contribution in [0.2, 0.25) is 0 Å². The third-order valence-electron chi connectivity index (χ3n) is 6.02. The average molecular weight is 515 g/mol. The van der Waals surface area contributed by atoms with Crippen molar-refractivity contribution in [2.45, 2.75) is 31.3 Å². The molecule has 0 fully saturated rings. The van der Waals surface area contributed by atoms with E-state index >= 15 is 0 Å². The highest BCUT2D eigenvalue weighted by Gasteiger charge is 2.38. The number of rotatable bonds is 7. The van der Waals surface area contributed by atoms with Crippen LogP contribution in [0.3, 0.4) is 0 Å². The molecule has 3 aromatic carbocycles. The molecule has 4 rings (SSSR count). The van der Waals surface area contributed by atoms with Gasteiger partial charge < -0.3 is 9.64 Å². The molecule has 188 valence electrons. The zero-order chi connectivity index (χ0) is 26.2. The fraction of sp³-hybridized carbons (Fsp3) is 0.231. The molecule has 0 aliphatic carbocycles. The Morgan fingerprint density at radius 3 is 2.25 bits per heavy atom. The minimum atomic E-state index is -4.12. The Morgan fingerprint density at radius 1 is 0.972 bits per heavy atom. The second-order valence-electron chi connectivity index (χ2n) is 8.78. The van der Waals surface area contributed by atoms with Crippen LogP contribution in [0.25, 0.3) is 11.1 Å². The molecular formula is C26H24F2N2O5S. The van der Waals surface area contributed by atoms with Gasteiger partial charge >= 0.3 is 5.97 Å². The molecule has 0 radical (unpaired) electrons. The van der Waals surface area contributed by atoms with E-state index in [4.69, 9.17) is 4.74 Å². The Kier molecular flexibility index (Phi) is 6.81. The molecule has 0 aromatic heterocycles. The van der Waals surface area contributed by atoms with E-state index in [9.17, 15) is 26.8 Å². The van der Waals surface area contributed by atoms with Crippen molar-refractivity contribution >= 4 is 27.6 Å². The first-order valence-electron chi connectivity index (χ1n) is 11.1. The van der Waals surface area contributed by atoms with Gasteiger partial charge in [0.25, 0.3) is 15.9 Å². The van der Waals surface area contributed by atoms with Crippen LogP contribution in [-0.4, -0.2) is 38.3 Å². The maximum Gasteiger partial charge on any atom is 0.328 e. The third kappa shape index (κ3) is 4.81. The Balaban J connectivity index is 1.55. The van der Waals surface area contributed by atoms with E-state index in [1.807, 2.05) is 26.0 Å². The van der Waals surface area contributed by atoms with Gasteiger partial charge in [0.05, 0.1) is 12.0 Å². The number of nitrogens with zero attached hydrogens (tertiary/aromatic N) is 1. The average Bonchev–Trinajstić information content (AvgIpc) is 3.16. The van der Waals surface area contributed by atoms with Crippen LogP contribution in [0.15, 0.2) is 65.6 Å². The summed E-state index contributed by atoms with van der Waals surface area (Å²) in [4.78, 5) is 26.5. The summed E-state index contributed by atoms with van der Waals surface area (Å²) >= 11 is 0. The van der Waals surface area contributed by atoms with E-state index in [2.05, 4.69) is 4.72 Å². The van der Waals surface area contributed by atoms with Crippen LogP contribution in [-0.2, 0) is 26.1 Å². The Bertz CT molecular complexity index is 1440. The maximum absolute atomic E-state index is 13.5. The number of anilines is 1. The molecule has 1 heterocycles. The van der Waals surface area contributed by atoms with Gasteiger partial charge in [0, 0.05) is 17.8 Å². The van der Waals surface area contributed by atoms with Gasteiger partial charge in [0.1, 0.15) is 6.04 Å². The molecule has 0 saturated heterocycles. The molecule has 1 amide bonds. The Morgan fingerprint density at radius 2 is 1.64 bits per heavy atom. The zero-order valence-electron chi connectivity index (χ0n) is 19.8. The summed E-state index contributed by atoms with van der Waals surface area (Å²) in [6.45, 7) is 4.01. The molecule has 1 aliphatic rings. The van der Waals surface area contributed by atoms with E-state index < -0.39 is 38.6 Å². The Labute approximate surface area is 207 Å². The first-order chi connectivity index (χ1) is 17.0. The number of ether oxygens (including phenoxy) is 1. The molecule has 1 atom stereocenters. The molecule has 0 saturated carbocycles. The molecule has 0 unspecified atom stereocenters. The first-order valence-corrected chi connectivity index (χ1v) is 12.6. The number of benzene rings is 3. The van der Waals surface area contributed by atoms with Crippen molar-refractivity contribution in [2.24, 2.45) is 5.92 Å². The molecule has 7 nitrogen and oxygen atoms in total. The number of sulfonamides is 1. The summed E-state index contributed by atoms with van der Waals surface area (Å²) in [5.41, 5.74) is 2.98. The monoisotopic (exact) mass is 514 g/mol. The van der Waals surface area contributed by atoms with Crippen LogP contribution in [0.4, 0.5) is 14.5 Å². The van der Waals surface area contributed by atoms with Gasteiger partial charge in [-0.25, -0.2) is 22.0 Å². The molecule has 1 N–H and O–H groups in total. The van der Waals surface area contributed by atoms with Gasteiger partial charge in [0.15, 0.2) is 11.6 Å². The second kappa shape index (κ2) is 9.69. The van der Waals surface area contributed by atoms with Gasteiger partial charge in [-0.1, -0.05) is 38.1 Å². The number of nitrogens with one attached hydrogen (secondary N) is 1. The van der Waals surface area contributed by atoms with Crippen LogP contribution in [0, 0.1) is 17.6 Å². The number of amides is 1. The smallest absolute Gasteiger partial charge is 0.328 e. The number of halogens is 2. The molecule has 3 aromatic rings. The lowest BCUT2D eigenvalue weighted by atomic mass is 10.0. The second-order valence-corrected chi connectivity index (χ2v) is 10.5. The van der Waals surface area contributed by atoms with Crippen molar-refractivity contribution in [3.05, 3.63) is 83.4 Å². The van der Waals surface area contributed by atoms with E-state index in [1.165, 1.54) is 24.1 Å². The summed E-state index contributed by atoms with van der Waals surface area (Å²) in [6.07, 6.45) is 0. The number of fused-ring (bicyclic) bond motifs is 1. The van der Waals surface area contributed by atoms with E-state index in [1.54, 1.807) is 18.2 Å². The number of hydrogen-bond donors (Lipinski definition) is 1. The SMILES string of the molecule is COC(=O)[C@H](C(C)C)N1Cc2ccc(-c3ccc(NS(=O)(=O)c4ccc(F)c(F)c4)cc3)cc2C1=O. The normalized spacial score (nSPS) is 14.1. The molecule has 1 aliphatic heterocycles. The zero-order valence-corrected chi connectivity index (χ0v) is 20.6. The van der Waals surface area contributed by atoms with Crippen LogP contribution in [0.1, 0.15) is 29.8 Å². The number of carbonyl (C=O) groups excluding carboxylic acids is 2. The highest BCUT2D eigenvalue weighted by molar-refractivity contribution is 7.92. The van der Waals surface area contributed by atoms with Crippen molar-refractivity contribution in [3.63, 3.8) is 0 Å². The van der Waals surface area contributed by atoms with Crippen molar-refractivity contribution in [1.29, 1.82) is 0 Å². The van der Waals surface area contributed by atoms with Crippen LogP contribution < -0.4 is 4.72 Å². The van der Waals surface area contributed by atoms with Gasteiger partial charge in [-0.15, -0.1) is 0 Å². The van der Waals surface area contributed by atoms with Crippen molar-refractivity contribution < 1.29 is 31.5 Å². The standard InChI is InChI=1S/C26H24F2N2O5S/c1-15(2)24(26(32)35-3)30-14-18-5-4-17(12-21(18)25(30)31)16-6-8-19(9-7-16)29-36(33,34)20-10-11-22(27)23(28)13-20/h4-13,15,24,29H,14H2,1-3H3/t24-/m0/s1. The lowest BCUT2D eigenvalue weighted by molar-refractivity contribution is -0.147. The largest absolute Gasteiger partial charge is 0.467 e. The fourth-order valence-electron chi connectivity index (χ4n) is 4.20. The van der Waals surface area contributed by atoms with E-state index in [-0.39, 0.29) is 17.5 Å². The highest BCUT2D eigenvalue weighted by Crippen LogP contribution is 2.32. The van der Waals surface area contributed by atoms with Crippen molar-refractivity contribution in [2.75, 3.05) is 11.8 Å². The lowest BCUT2D eigenvalue weighted by Crippen LogP contribution is -2.45. The number of hydrogen-bond acceptors (Lipinski definition) is 5. The summed E-state index contributed by atoms with van der Waals surface area (Å²) in [7, 11) is -2.82. The highest BCUT2D eigenvalue weighted by atomic mass is 32.2. The van der Waals surface area contributed by atoms with Crippen LogP contribution in [0.5, 0.6) is 0 Å².